The fraction of sp³-hybridized carbons (Fsp3) is 0.176. The van der Waals surface area contributed by atoms with E-state index < -0.39 is 0 Å². The summed E-state index contributed by atoms with van der Waals surface area (Å²) in [5.41, 5.74) is 15.6. The number of fused-ring (bicyclic) bond motifs is 5. The smallest absolute Gasteiger partial charge is 0.272 e. The highest BCUT2D eigenvalue weighted by molar-refractivity contribution is 5.95. The van der Waals surface area contributed by atoms with Gasteiger partial charge in [0, 0.05) is 16.5 Å². The summed E-state index contributed by atoms with van der Waals surface area (Å²) in [7, 11) is 0. The molecular formula is C34H31N3O. The molecule has 1 heterocycles. The second-order valence-corrected chi connectivity index (χ2v) is 10.1. The molecule has 0 amide bonds. The van der Waals surface area contributed by atoms with E-state index in [-0.39, 0.29) is 5.56 Å². The lowest BCUT2D eigenvalue weighted by molar-refractivity contribution is 0.830. The van der Waals surface area contributed by atoms with E-state index in [0.717, 1.165) is 23.9 Å². The predicted octanol–water partition coefficient (Wildman–Crippen LogP) is 7.18. The molecule has 2 aliphatic rings. The van der Waals surface area contributed by atoms with Gasteiger partial charge in [0.05, 0.1) is 6.20 Å². The van der Waals surface area contributed by atoms with E-state index in [1.807, 2.05) is 24.3 Å². The molecule has 188 valence electrons. The Bertz CT molecular complexity index is 1750. The first-order chi connectivity index (χ1) is 18.7. The molecular weight excluding hydrogens is 466 g/mol. The van der Waals surface area contributed by atoms with Gasteiger partial charge in [0.25, 0.3) is 5.56 Å². The molecule has 7 rings (SSSR count). The van der Waals surface area contributed by atoms with Gasteiger partial charge in [-0.2, -0.15) is 5.10 Å². The number of aryl methyl sites for hydroxylation is 3. The number of allylic oxidation sites excluding steroid dienone is 4. The highest BCUT2D eigenvalue weighted by Gasteiger charge is 2.21. The number of nitrogens with zero attached hydrogens (tertiary/aromatic N) is 1. The summed E-state index contributed by atoms with van der Waals surface area (Å²) < 4.78 is 0. The lowest BCUT2D eigenvalue weighted by Gasteiger charge is -2.26. The van der Waals surface area contributed by atoms with E-state index in [1.54, 1.807) is 23.4 Å². The molecule has 0 spiro atoms. The number of aromatic amines is 1. The van der Waals surface area contributed by atoms with Crippen LogP contribution in [0.25, 0.3) is 27.1 Å². The number of hydrogen-bond acceptors (Lipinski definition) is 3. The van der Waals surface area contributed by atoms with Crippen LogP contribution in [0, 0.1) is 0 Å². The Labute approximate surface area is 222 Å². The first-order valence-electron chi connectivity index (χ1n) is 13.4. The third-order valence-corrected chi connectivity index (χ3v) is 7.69. The third-order valence-electron chi connectivity index (χ3n) is 7.69. The van der Waals surface area contributed by atoms with E-state index in [2.05, 4.69) is 70.9 Å². The minimum Gasteiger partial charge on any atom is -0.399 e. The number of H-pyrrole nitrogens is 1. The van der Waals surface area contributed by atoms with Crippen molar-refractivity contribution in [3.05, 3.63) is 135 Å². The fourth-order valence-electron chi connectivity index (χ4n) is 5.85. The van der Waals surface area contributed by atoms with Crippen LogP contribution in [0.3, 0.4) is 0 Å². The number of hydrogen-bond donors (Lipinski definition) is 2. The van der Waals surface area contributed by atoms with Gasteiger partial charge in [-0.25, -0.2) is 5.10 Å². The molecule has 0 aliphatic heterocycles. The predicted molar refractivity (Wildman–Crippen MR) is 158 cm³/mol. The quantitative estimate of drug-likeness (QED) is 0.259. The number of anilines is 1. The van der Waals surface area contributed by atoms with Gasteiger partial charge in [-0.1, -0.05) is 78.4 Å². The minimum atomic E-state index is -0.136. The molecule has 0 fully saturated rings. The molecule has 0 atom stereocenters. The van der Waals surface area contributed by atoms with Gasteiger partial charge in [-0.15, -0.1) is 0 Å². The van der Waals surface area contributed by atoms with Crippen molar-refractivity contribution in [1.29, 1.82) is 0 Å². The van der Waals surface area contributed by atoms with Gasteiger partial charge in [0.15, 0.2) is 0 Å². The molecule has 4 aromatic carbocycles. The SMILES string of the molecule is Nc1cccc(CCc2cccc3ccc4c(c23)CCC2=C4C=CCC2)c1.O=c1[nH]ncc2ccccc12. The Hall–Kier alpha value is -4.44. The summed E-state index contributed by atoms with van der Waals surface area (Å²) >= 11 is 0. The van der Waals surface area contributed by atoms with Crippen LogP contribution in [0.4, 0.5) is 5.69 Å². The van der Waals surface area contributed by atoms with Crippen molar-refractivity contribution >= 4 is 32.8 Å². The average molecular weight is 498 g/mol. The number of benzene rings is 4. The molecule has 4 nitrogen and oxygen atoms in total. The average Bonchev–Trinajstić information content (AvgIpc) is 2.96. The molecule has 4 heteroatoms. The Balaban J connectivity index is 0.000000200. The molecule has 5 aromatic rings. The van der Waals surface area contributed by atoms with Crippen LogP contribution in [-0.2, 0) is 19.3 Å². The minimum absolute atomic E-state index is 0.136. The second-order valence-electron chi connectivity index (χ2n) is 10.1. The Morgan fingerprint density at radius 1 is 0.842 bits per heavy atom. The zero-order valence-corrected chi connectivity index (χ0v) is 21.4. The zero-order valence-electron chi connectivity index (χ0n) is 21.4. The first-order valence-corrected chi connectivity index (χ1v) is 13.4. The molecule has 38 heavy (non-hydrogen) atoms. The van der Waals surface area contributed by atoms with Crippen molar-refractivity contribution in [3.8, 4) is 0 Å². The monoisotopic (exact) mass is 497 g/mol. The molecule has 0 radical (unpaired) electrons. The van der Waals surface area contributed by atoms with Gasteiger partial charge >= 0.3 is 0 Å². The van der Waals surface area contributed by atoms with Gasteiger partial charge in [0.2, 0.25) is 0 Å². The van der Waals surface area contributed by atoms with Crippen molar-refractivity contribution in [3.63, 3.8) is 0 Å². The Morgan fingerprint density at radius 3 is 2.61 bits per heavy atom. The molecule has 3 N–H and O–H groups in total. The van der Waals surface area contributed by atoms with Gasteiger partial charge < -0.3 is 5.73 Å². The van der Waals surface area contributed by atoms with Crippen LogP contribution < -0.4 is 11.3 Å². The summed E-state index contributed by atoms with van der Waals surface area (Å²) in [6.07, 6.45) is 13.2. The summed E-state index contributed by atoms with van der Waals surface area (Å²) in [6, 6.07) is 27.1. The number of nitrogen functional groups attached to an aromatic ring is 1. The lowest BCUT2D eigenvalue weighted by Crippen LogP contribution is -2.08. The van der Waals surface area contributed by atoms with Gasteiger partial charge in [0.1, 0.15) is 0 Å². The standard InChI is InChI=1S/C26H25N.C8H6N2O/c27-22-9-3-5-18(17-22)11-12-20-7-4-8-21-14-15-24-23-10-2-1-6-19(23)13-16-25(24)26(20)21;11-8-7-4-2-1-3-6(7)5-9-10-8/h2-5,7-10,14-15,17H,1,6,11-13,16,27H2;1-5H,(H,10,11). The maximum absolute atomic E-state index is 11.1. The Kier molecular flexibility index (Phi) is 6.62. The van der Waals surface area contributed by atoms with E-state index in [1.165, 1.54) is 58.7 Å². The normalized spacial score (nSPS) is 14.1. The topological polar surface area (TPSA) is 71.8 Å². The summed E-state index contributed by atoms with van der Waals surface area (Å²) in [4.78, 5) is 11.1. The van der Waals surface area contributed by atoms with E-state index in [4.69, 9.17) is 5.73 Å². The Morgan fingerprint density at radius 2 is 1.71 bits per heavy atom. The molecule has 0 saturated carbocycles. The molecule has 0 unspecified atom stereocenters. The van der Waals surface area contributed by atoms with Crippen LogP contribution in [-0.4, -0.2) is 10.2 Å². The maximum Gasteiger partial charge on any atom is 0.272 e. The summed E-state index contributed by atoms with van der Waals surface area (Å²) in [5, 5.41) is 10.5. The van der Waals surface area contributed by atoms with E-state index >= 15 is 0 Å². The number of nitrogens with one attached hydrogen (secondary N) is 1. The molecule has 1 aromatic heterocycles. The molecule has 0 saturated heterocycles. The van der Waals surface area contributed by atoms with Crippen molar-refractivity contribution in [1.82, 2.24) is 10.2 Å². The molecule has 2 aliphatic carbocycles. The van der Waals surface area contributed by atoms with Gasteiger partial charge in [-0.05, 0) is 95.3 Å². The van der Waals surface area contributed by atoms with Gasteiger partial charge in [-0.3, -0.25) is 4.79 Å². The number of nitrogens with two attached hydrogens (primary N) is 1. The van der Waals surface area contributed by atoms with Crippen molar-refractivity contribution in [2.45, 2.75) is 38.5 Å². The number of aromatic nitrogens is 2. The van der Waals surface area contributed by atoms with Crippen molar-refractivity contribution < 1.29 is 0 Å². The van der Waals surface area contributed by atoms with Crippen LogP contribution in [0.15, 0.2) is 108 Å². The summed E-state index contributed by atoms with van der Waals surface area (Å²) in [6.45, 7) is 0. The van der Waals surface area contributed by atoms with Crippen LogP contribution in [0.2, 0.25) is 0 Å². The van der Waals surface area contributed by atoms with E-state index in [9.17, 15) is 4.79 Å². The highest BCUT2D eigenvalue weighted by atomic mass is 16.1. The first kappa shape index (κ1) is 23.9. The van der Waals surface area contributed by atoms with Crippen LogP contribution in [0.5, 0.6) is 0 Å². The zero-order chi connectivity index (χ0) is 25.9. The maximum atomic E-state index is 11.1. The molecule has 0 bridgehead atoms. The number of rotatable bonds is 3. The fourth-order valence-corrected chi connectivity index (χ4v) is 5.85. The van der Waals surface area contributed by atoms with E-state index in [0.29, 0.717) is 5.39 Å². The largest absolute Gasteiger partial charge is 0.399 e. The second kappa shape index (κ2) is 10.5. The summed E-state index contributed by atoms with van der Waals surface area (Å²) in [5.74, 6) is 0. The van der Waals surface area contributed by atoms with Crippen LogP contribution in [0.1, 0.15) is 41.5 Å². The lowest BCUT2D eigenvalue weighted by atomic mass is 9.78. The van der Waals surface area contributed by atoms with Crippen LogP contribution >= 0.6 is 0 Å². The van der Waals surface area contributed by atoms with Crippen molar-refractivity contribution in [2.24, 2.45) is 0 Å². The third kappa shape index (κ3) is 4.78. The van der Waals surface area contributed by atoms with Crippen molar-refractivity contribution in [2.75, 3.05) is 5.73 Å². The highest BCUT2D eigenvalue weighted by Crippen LogP contribution is 2.40.